The van der Waals surface area contributed by atoms with Crippen molar-refractivity contribution >= 4 is 34.9 Å². The van der Waals surface area contributed by atoms with E-state index in [0.717, 1.165) is 5.69 Å². The summed E-state index contributed by atoms with van der Waals surface area (Å²) in [6.07, 6.45) is 1.41. The topological polar surface area (TPSA) is 90.4 Å². The summed E-state index contributed by atoms with van der Waals surface area (Å²) in [6, 6.07) is 10.7. The molecule has 0 spiro atoms. The maximum atomic E-state index is 5.89. The van der Waals surface area contributed by atoms with Gasteiger partial charge in [0, 0.05) is 28.5 Å². The molecule has 0 bridgehead atoms. The van der Waals surface area contributed by atoms with Crippen molar-refractivity contribution in [2.45, 2.75) is 0 Å². The average molecular weight is 388 g/mol. The number of nitrogens with zero attached hydrogens (tertiary/aromatic N) is 3. The molecule has 0 aliphatic heterocycles. The molecule has 0 amide bonds. The van der Waals surface area contributed by atoms with Crippen LogP contribution in [0.5, 0.6) is 17.2 Å². The molecule has 0 radical (unpaired) electrons. The van der Waals surface area contributed by atoms with Crippen LogP contribution in [-0.4, -0.2) is 36.3 Å². The van der Waals surface area contributed by atoms with Crippen molar-refractivity contribution in [1.29, 1.82) is 0 Å². The van der Waals surface area contributed by atoms with E-state index in [1.807, 2.05) is 12.1 Å². The number of methoxy groups -OCH3 is 3. The highest BCUT2D eigenvalue weighted by Gasteiger charge is 2.14. The SMILES string of the molecule is COc1cc(Nc2ncnc(Nc3ccc(Cl)cc3)n2)cc(OC)c1OC. The maximum absolute atomic E-state index is 5.89. The van der Waals surface area contributed by atoms with Crippen molar-refractivity contribution in [3.63, 3.8) is 0 Å². The Hall–Kier alpha value is -3.26. The highest BCUT2D eigenvalue weighted by atomic mass is 35.5. The third kappa shape index (κ3) is 4.48. The van der Waals surface area contributed by atoms with Crippen molar-refractivity contribution in [1.82, 2.24) is 15.0 Å². The normalized spacial score (nSPS) is 10.2. The molecule has 0 unspecified atom stereocenters. The molecule has 0 saturated carbocycles. The predicted molar refractivity (Wildman–Crippen MR) is 104 cm³/mol. The van der Waals surface area contributed by atoms with E-state index in [1.54, 1.807) is 45.6 Å². The average Bonchev–Trinajstić information content (AvgIpc) is 2.69. The summed E-state index contributed by atoms with van der Waals surface area (Å²) in [6.45, 7) is 0. The second-order valence-corrected chi connectivity index (χ2v) is 5.74. The van der Waals surface area contributed by atoms with Crippen molar-refractivity contribution in [3.8, 4) is 17.2 Å². The zero-order chi connectivity index (χ0) is 19.2. The lowest BCUT2D eigenvalue weighted by Crippen LogP contribution is -2.03. The van der Waals surface area contributed by atoms with Gasteiger partial charge in [0.2, 0.25) is 17.6 Å². The van der Waals surface area contributed by atoms with Crippen molar-refractivity contribution in [3.05, 3.63) is 47.7 Å². The number of nitrogens with one attached hydrogen (secondary N) is 2. The quantitative estimate of drug-likeness (QED) is 0.627. The van der Waals surface area contributed by atoms with Crippen molar-refractivity contribution in [2.75, 3.05) is 32.0 Å². The van der Waals surface area contributed by atoms with Gasteiger partial charge < -0.3 is 24.8 Å². The first kappa shape index (κ1) is 18.5. The molecule has 8 nitrogen and oxygen atoms in total. The molecule has 3 aromatic rings. The van der Waals surface area contributed by atoms with Gasteiger partial charge >= 0.3 is 0 Å². The van der Waals surface area contributed by atoms with E-state index in [0.29, 0.717) is 39.9 Å². The van der Waals surface area contributed by atoms with Gasteiger partial charge in [-0.05, 0) is 24.3 Å². The number of halogens is 1. The lowest BCUT2D eigenvalue weighted by molar-refractivity contribution is 0.324. The first-order valence-electron chi connectivity index (χ1n) is 7.91. The molecule has 140 valence electrons. The molecule has 3 rings (SSSR count). The number of hydrogen-bond donors (Lipinski definition) is 2. The fraction of sp³-hybridized carbons (Fsp3) is 0.167. The van der Waals surface area contributed by atoms with E-state index in [-0.39, 0.29) is 0 Å². The van der Waals surface area contributed by atoms with Gasteiger partial charge in [-0.15, -0.1) is 0 Å². The Kier molecular flexibility index (Phi) is 5.77. The summed E-state index contributed by atoms with van der Waals surface area (Å²) >= 11 is 5.89. The van der Waals surface area contributed by atoms with E-state index < -0.39 is 0 Å². The molecule has 1 heterocycles. The molecule has 2 aromatic carbocycles. The third-order valence-electron chi connectivity index (χ3n) is 3.59. The first-order chi connectivity index (χ1) is 13.1. The standard InChI is InChI=1S/C18H18ClN5O3/c1-25-14-8-13(9-15(26-2)16(14)27-3)23-18-21-10-20-17(24-18)22-12-6-4-11(19)5-7-12/h4-10H,1-3H3,(H2,20,21,22,23,24). The Morgan fingerprint density at radius 1 is 0.778 bits per heavy atom. The Morgan fingerprint density at radius 2 is 1.33 bits per heavy atom. The number of rotatable bonds is 7. The molecule has 0 saturated heterocycles. The highest BCUT2D eigenvalue weighted by molar-refractivity contribution is 6.30. The molecule has 0 atom stereocenters. The van der Waals surface area contributed by atoms with Gasteiger partial charge in [-0.25, -0.2) is 9.97 Å². The van der Waals surface area contributed by atoms with Crippen LogP contribution in [0, 0.1) is 0 Å². The summed E-state index contributed by atoms with van der Waals surface area (Å²) in [5.41, 5.74) is 1.48. The van der Waals surface area contributed by atoms with Gasteiger partial charge in [0.05, 0.1) is 21.3 Å². The van der Waals surface area contributed by atoms with Crippen LogP contribution in [0.15, 0.2) is 42.7 Å². The third-order valence-corrected chi connectivity index (χ3v) is 3.85. The van der Waals surface area contributed by atoms with Crippen LogP contribution >= 0.6 is 11.6 Å². The number of hydrogen-bond acceptors (Lipinski definition) is 8. The Bertz CT molecular complexity index is 896. The van der Waals surface area contributed by atoms with E-state index in [9.17, 15) is 0 Å². The van der Waals surface area contributed by atoms with Crippen LogP contribution in [0.25, 0.3) is 0 Å². The fourth-order valence-electron chi connectivity index (χ4n) is 2.36. The highest BCUT2D eigenvalue weighted by Crippen LogP contribution is 2.40. The Balaban J connectivity index is 1.82. The first-order valence-corrected chi connectivity index (χ1v) is 8.29. The minimum absolute atomic E-state index is 0.357. The van der Waals surface area contributed by atoms with Gasteiger partial charge in [0.1, 0.15) is 6.33 Å². The monoisotopic (exact) mass is 387 g/mol. The summed E-state index contributed by atoms with van der Waals surface area (Å²) in [5.74, 6) is 2.30. The van der Waals surface area contributed by atoms with Gasteiger partial charge in [0.25, 0.3) is 0 Å². The minimum Gasteiger partial charge on any atom is -0.493 e. The molecule has 0 fully saturated rings. The molecule has 1 aromatic heterocycles. The van der Waals surface area contributed by atoms with E-state index in [4.69, 9.17) is 25.8 Å². The van der Waals surface area contributed by atoms with Crippen molar-refractivity contribution < 1.29 is 14.2 Å². The van der Waals surface area contributed by atoms with Crippen LogP contribution in [-0.2, 0) is 0 Å². The van der Waals surface area contributed by atoms with Gasteiger partial charge in [-0.2, -0.15) is 4.98 Å². The van der Waals surface area contributed by atoms with Crippen molar-refractivity contribution in [2.24, 2.45) is 0 Å². The van der Waals surface area contributed by atoms with E-state index >= 15 is 0 Å². The van der Waals surface area contributed by atoms with Crippen LogP contribution in [0.4, 0.5) is 23.3 Å². The Morgan fingerprint density at radius 3 is 1.85 bits per heavy atom. The lowest BCUT2D eigenvalue weighted by Gasteiger charge is -2.14. The summed E-state index contributed by atoms with van der Waals surface area (Å²) in [4.78, 5) is 12.6. The van der Waals surface area contributed by atoms with Gasteiger partial charge in [-0.1, -0.05) is 11.6 Å². The smallest absolute Gasteiger partial charge is 0.232 e. The maximum Gasteiger partial charge on any atom is 0.232 e. The summed E-state index contributed by atoms with van der Waals surface area (Å²) < 4.78 is 16.0. The summed E-state index contributed by atoms with van der Waals surface area (Å²) in [5, 5.41) is 6.85. The minimum atomic E-state index is 0.357. The predicted octanol–water partition coefficient (Wildman–Crippen LogP) is 4.04. The number of aromatic nitrogens is 3. The molecule has 2 N–H and O–H groups in total. The molecule has 9 heteroatoms. The van der Waals surface area contributed by atoms with Crippen LogP contribution in [0.1, 0.15) is 0 Å². The zero-order valence-electron chi connectivity index (χ0n) is 15.0. The molecular weight excluding hydrogens is 370 g/mol. The molecule has 27 heavy (non-hydrogen) atoms. The Labute approximate surface area is 161 Å². The molecular formula is C18H18ClN5O3. The number of anilines is 4. The number of ether oxygens (including phenoxy) is 3. The molecule has 0 aliphatic carbocycles. The molecule has 0 aliphatic rings. The largest absolute Gasteiger partial charge is 0.493 e. The second kappa shape index (κ2) is 8.41. The second-order valence-electron chi connectivity index (χ2n) is 5.30. The lowest BCUT2D eigenvalue weighted by atomic mass is 10.2. The van der Waals surface area contributed by atoms with E-state index in [1.165, 1.54) is 6.33 Å². The summed E-state index contributed by atoms with van der Waals surface area (Å²) in [7, 11) is 4.66. The zero-order valence-corrected chi connectivity index (χ0v) is 15.7. The van der Waals surface area contributed by atoms with Crippen LogP contribution in [0.3, 0.4) is 0 Å². The van der Waals surface area contributed by atoms with Crippen LogP contribution < -0.4 is 24.8 Å². The fourth-order valence-corrected chi connectivity index (χ4v) is 2.49. The van der Waals surface area contributed by atoms with Gasteiger partial charge in [0.15, 0.2) is 11.5 Å². The van der Waals surface area contributed by atoms with E-state index in [2.05, 4.69) is 25.6 Å². The number of benzene rings is 2. The van der Waals surface area contributed by atoms with Crippen LogP contribution in [0.2, 0.25) is 5.02 Å². The van der Waals surface area contributed by atoms with Gasteiger partial charge in [-0.3, -0.25) is 0 Å².